The summed E-state index contributed by atoms with van der Waals surface area (Å²) >= 11 is 0. The summed E-state index contributed by atoms with van der Waals surface area (Å²) in [4.78, 5) is 16.1. The molecule has 144 valence electrons. The van der Waals surface area contributed by atoms with Gasteiger partial charge in [-0.25, -0.2) is 17.8 Å². The van der Waals surface area contributed by atoms with Gasteiger partial charge in [0.15, 0.2) is 0 Å². The number of allylic oxidation sites excluding steroid dienone is 1. The lowest BCUT2D eigenvalue weighted by Gasteiger charge is -2.25. The average Bonchev–Trinajstić information content (AvgIpc) is 3.11. The fraction of sp³-hybridized carbons (Fsp3) is 0.333. The van der Waals surface area contributed by atoms with Gasteiger partial charge >= 0.3 is 0 Å². The normalized spacial score (nSPS) is 21.0. The summed E-state index contributed by atoms with van der Waals surface area (Å²) in [5.41, 5.74) is 0.565. The number of sulfonamides is 1. The van der Waals surface area contributed by atoms with Crippen LogP contribution in [0.1, 0.15) is 31.7 Å². The van der Waals surface area contributed by atoms with Crippen molar-refractivity contribution in [2.45, 2.75) is 26.2 Å². The highest BCUT2D eigenvalue weighted by Crippen LogP contribution is 2.35. The summed E-state index contributed by atoms with van der Waals surface area (Å²) in [5, 5.41) is 5.76. The van der Waals surface area contributed by atoms with Crippen LogP contribution in [-0.4, -0.2) is 25.9 Å². The molecule has 27 heavy (non-hydrogen) atoms. The molecule has 2 heterocycles. The van der Waals surface area contributed by atoms with Gasteiger partial charge in [0.2, 0.25) is 15.9 Å². The Hall–Kier alpha value is -2.68. The molecule has 9 heteroatoms. The Bertz CT molecular complexity index is 953. The molecule has 0 aliphatic carbocycles. The van der Waals surface area contributed by atoms with E-state index < -0.39 is 15.8 Å². The molecule has 0 saturated carbocycles. The molecule has 0 fully saturated rings. The number of anilines is 1. The van der Waals surface area contributed by atoms with Crippen LogP contribution in [0.4, 0.5) is 10.1 Å². The van der Waals surface area contributed by atoms with Crippen molar-refractivity contribution in [1.29, 1.82) is 0 Å². The van der Waals surface area contributed by atoms with Crippen LogP contribution in [0.25, 0.3) is 0 Å². The minimum Gasteiger partial charge on any atom is -0.350 e. The topological polar surface area (TPSA) is 99.7 Å². The standard InChI is InChI=1S/C18H21FN4O3S/c1-3-17(24)21-16-10-13(12-7-8-20-18(12)22-16)11-5-6-15(14(19)9-11)23-27(25,26)4-2/h5-10,12-13,23H,3-4H2,1-2H3,(H,20,22)(H,21,24). The Morgan fingerprint density at radius 2 is 2.07 bits per heavy atom. The molecule has 0 bridgehead atoms. The van der Waals surface area contributed by atoms with Gasteiger partial charge in [-0.15, -0.1) is 0 Å². The summed E-state index contributed by atoms with van der Waals surface area (Å²) < 4.78 is 40.1. The number of carbonyl (C=O) groups excluding carboxylic acids is 1. The number of hydrogen-bond acceptors (Lipinski definition) is 5. The molecule has 1 amide bonds. The molecule has 3 rings (SSSR count). The molecule has 3 N–H and O–H groups in total. The lowest BCUT2D eigenvalue weighted by molar-refractivity contribution is -0.120. The maximum absolute atomic E-state index is 14.5. The van der Waals surface area contributed by atoms with Crippen LogP contribution in [-0.2, 0) is 14.8 Å². The van der Waals surface area contributed by atoms with Gasteiger partial charge in [-0.2, -0.15) is 0 Å². The zero-order valence-electron chi connectivity index (χ0n) is 15.0. The van der Waals surface area contributed by atoms with Crippen molar-refractivity contribution in [1.82, 2.24) is 10.6 Å². The minimum absolute atomic E-state index is 0.0890. The van der Waals surface area contributed by atoms with Gasteiger partial charge in [0.05, 0.1) is 11.4 Å². The molecule has 0 radical (unpaired) electrons. The van der Waals surface area contributed by atoms with Crippen LogP contribution in [0.5, 0.6) is 0 Å². The van der Waals surface area contributed by atoms with Crippen molar-refractivity contribution in [2.24, 2.45) is 10.9 Å². The third-order valence-corrected chi connectivity index (χ3v) is 5.72. The van der Waals surface area contributed by atoms with Crippen LogP contribution < -0.4 is 15.4 Å². The predicted octanol–water partition coefficient (Wildman–Crippen LogP) is 2.18. The highest BCUT2D eigenvalue weighted by atomic mass is 32.2. The second-order valence-electron chi connectivity index (χ2n) is 6.25. The summed E-state index contributed by atoms with van der Waals surface area (Å²) in [5.74, 6) is -0.235. The van der Waals surface area contributed by atoms with Crippen LogP contribution in [0.15, 0.2) is 47.4 Å². The highest BCUT2D eigenvalue weighted by Gasteiger charge is 2.31. The maximum atomic E-state index is 14.5. The van der Waals surface area contributed by atoms with E-state index in [1.165, 1.54) is 19.1 Å². The fourth-order valence-electron chi connectivity index (χ4n) is 2.93. The third kappa shape index (κ3) is 4.19. The Morgan fingerprint density at radius 1 is 1.30 bits per heavy atom. The number of benzene rings is 1. The van der Waals surface area contributed by atoms with Gasteiger partial charge in [0.1, 0.15) is 17.5 Å². The summed E-state index contributed by atoms with van der Waals surface area (Å²) in [7, 11) is -3.56. The van der Waals surface area contributed by atoms with E-state index >= 15 is 0 Å². The smallest absolute Gasteiger partial charge is 0.232 e. The average molecular weight is 392 g/mol. The van der Waals surface area contributed by atoms with E-state index in [9.17, 15) is 17.6 Å². The number of rotatable bonds is 6. The second kappa shape index (κ2) is 7.51. The van der Waals surface area contributed by atoms with Crippen molar-refractivity contribution in [3.05, 3.63) is 53.8 Å². The van der Waals surface area contributed by atoms with Crippen molar-refractivity contribution < 1.29 is 17.6 Å². The summed E-state index contributed by atoms with van der Waals surface area (Å²) in [6.07, 6.45) is 5.78. The summed E-state index contributed by atoms with van der Waals surface area (Å²) in [6.45, 7) is 3.22. The Kier molecular flexibility index (Phi) is 5.31. The zero-order chi connectivity index (χ0) is 19.6. The van der Waals surface area contributed by atoms with Gasteiger partial charge in [-0.05, 0) is 36.9 Å². The van der Waals surface area contributed by atoms with Crippen molar-refractivity contribution in [3.63, 3.8) is 0 Å². The van der Waals surface area contributed by atoms with Gasteiger partial charge in [-0.1, -0.05) is 19.1 Å². The van der Waals surface area contributed by atoms with Crippen molar-refractivity contribution >= 4 is 27.5 Å². The predicted molar refractivity (Wildman–Crippen MR) is 102 cm³/mol. The quantitative estimate of drug-likeness (QED) is 0.691. The number of nitrogens with zero attached hydrogens (tertiary/aromatic N) is 1. The molecule has 2 aliphatic rings. The Labute approximate surface area is 157 Å². The number of nitrogens with one attached hydrogen (secondary N) is 3. The third-order valence-electron chi connectivity index (χ3n) is 4.43. The molecular weight excluding hydrogens is 371 g/mol. The van der Waals surface area contributed by atoms with Crippen LogP contribution in [0.3, 0.4) is 0 Å². The van der Waals surface area contributed by atoms with E-state index in [1.807, 2.05) is 6.08 Å². The molecule has 2 atom stereocenters. The Balaban J connectivity index is 1.91. The highest BCUT2D eigenvalue weighted by molar-refractivity contribution is 7.92. The molecule has 1 aromatic carbocycles. The number of amides is 1. The largest absolute Gasteiger partial charge is 0.350 e. The number of fused-ring (bicyclic) bond motifs is 1. The van der Waals surface area contributed by atoms with E-state index in [0.717, 1.165) is 0 Å². The van der Waals surface area contributed by atoms with Crippen LogP contribution >= 0.6 is 0 Å². The first-order valence-electron chi connectivity index (χ1n) is 8.66. The van der Waals surface area contributed by atoms with E-state index in [4.69, 9.17) is 0 Å². The van der Waals surface area contributed by atoms with Gasteiger partial charge in [-0.3, -0.25) is 9.52 Å². The lowest BCUT2D eigenvalue weighted by atomic mass is 9.84. The molecule has 0 saturated heterocycles. The number of halogens is 1. The van der Waals surface area contributed by atoms with Gasteiger partial charge in [0, 0.05) is 18.3 Å². The second-order valence-corrected chi connectivity index (χ2v) is 8.26. The number of aliphatic imine (C=N–C) groups is 1. The molecule has 7 nitrogen and oxygen atoms in total. The summed E-state index contributed by atoms with van der Waals surface area (Å²) in [6, 6.07) is 4.39. The number of hydrogen-bond donors (Lipinski definition) is 3. The van der Waals surface area contributed by atoms with E-state index in [0.29, 0.717) is 23.6 Å². The van der Waals surface area contributed by atoms with Crippen molar-refractivity contribution in [2.75, 3.05) is 10.5 Å². The molecule has 0 spiro atoms. The molecule has 2 aliphatic heterocycles. The van der Waals surface area contributed by atoms with Crippen LogP contribution in [0.2, 0.25) is 0 Å². The molecular formula is C18H21FN4O3S. The number of carbonyl (C=O) groups is 1. The van der Waals surface area contributed by atoms with Gasteiger partial charge in [0.25, 0.3) is 0 Å². The van der Waals surface area contributed by atoms with E-state index in [2.05, 4.69) is 20.3 Å². The first-order valence-corrected chi connectivity index (χ1v) is 10.3. The first-order chi connectivity index (χ1) is 12.8. The maximum Gasteiger partial charge on any atom is 0.232 e. The minimum atomic E-state index is -3.56. The van der Waals surface area contributed by atoms with Gasteiger partial charge < -0.3 is 10.6 Å². The monoisotopic (exact) mass is 392 g/mol. The molecule has 2 unspecified atom stereocenters. The van der Waals surface area contributed by atoms with E-state index in [-0.39, 0.29) is 29.2 Å². The Morgan fingerprint density at radius 3 is 2.74 bits per heavy atom. The number of amidine groups is 1. The first kappa shape index (κ1) is 19.1. The van der Waals surface area contributed by atoms with Crippen molar-refractivity contribution in [3.8, 4) is 0 Å². The van der Waals surface area contributed by atoms with Crippen LogP contribution in [0, 0.1) is 11.7 Å². The van der Waals surface area contributed by atoms with E-state index in [1.54, 1.807) is 25.3 Å². The SMILES string of the molecule is CCC(=O)NC1=CC(c2ccc(NS(=O)(=O)CC)c(F)c2)C2C=CNC2=N1. The lowest BCUT2D eigenvalue weighted by Crippen LogP contribution is -2.31. The molecule has 1 aromatic rings. The zero-order valence-corrected chi connectivity index (χ0v) is 15.8. The molecule has 0 aromatic heterocycles. The fourth-order valence-corrected chi connectivity index (χ4v) is 3.57.